The van der Waals surface area contributed by atoms with Gasteiger partial charge in [-0.15, -0.1) is 11.3 Å². The first-order valence-corrected chi connectivity index (χ1v) is 13.3. The number of ether oxygens (including phenoxy) is 2. The van der Waals surface area contributed by atoms with Crippen molar-refractivity contribution in [2.24, 2.45) is 0 Å². The van der Waals surface area contributed by atoms with Crippen LogP contribution in [0.2, 0.25) is 0 Å². The van der Waals surface area contributed by atoms with E-state index in [1.54, 1.807) is 0 Å². The Morgan fingerprint density at radius 3 is 2.41 bits per heavy atom. The Kier molecular flexibility index (Phi) is 7.11. The molecule has 1 N–H and O–H groups in total. The molecule has 4 rings (SSSR count). The molecule has 0 unspecified atom stereocenters. The van der Waals surface area contributed by atoms with E-state index in [1.165, 1.54) is 47.0 Å². The van der Waals surface area contributed by atoms with Crippen LogP contribution in [0, 0.1) is 0 Å². The van der Waals surface area contributed by atoms with Crippen molar-refractivity contribution >= 4 is 38.2 Å². The average molecular weight is 508 g/mol. The zero-order valence-electron chi connectivity index (χ0n) is 19.7. The monoisotopic (exact) mass is 507 g/mol. The van der Waals surface area contributed by atoms with E-state index in [0.29, 0.717) is 29.1 Å². The Balaban J connectivity index is 1.54. The number of benzene rings is 1. The summed E-state index contributed by atoms with van der Waals surface area (Å²) in [6.45, 7) is 5.76. The fraction of sp³-hybridized carbons (Fsp3) is 0.478. The van der Waals surface area contributed by atoms with Gasteiger partial charge in [-0.3, -0.25) is 4.79 Å². The minimum absolute atomic E-state index is 0.121. The topological polar surface area (TPSA) is 105 Å². The van der Waals surface area contributed by atoms with Gasteiger partial charge in [0.2, 0.25) is 10.0 Å². The fourth-order valence-electron chi connectivity index (χ4n) is 4.37. The molecule has 0 saturated carbocycles. The van der Waals surface area contributed by atoms with Crippen molar-refractivity contribution in [2.45, 2.75) is 43.9 Å². The Morgan fingerprint density at radius 2 is 1.79 bits per heavy atom. The third-order valence-electron chi connectivity index (χ3n) is 6.00. The highest BCUT2D eigenvalue weighted by molar-refractivity contribution is 7.89. The molecule has 0 bridgehead atoms. The molecule has 184 valence electrons. The average Bonchev–Trinajstić information content (AvgIpc) is 3.14. The van der Waals surface area contributed by atoms with Gasteiger partial charge >= 0.3 is 5.97 Å². The predicted molar refractivity (Wildman–Crippen MR) is 129 cm³/mol. The second-order valence-corrected chi connectivity index (χ2v) is 11.8. The molecule has 1 amide bonds. The van der Waals surface area contributed by atoms with Gasteiger partial charge in [0.05, 0.1) is 29.8 Å². The lowest BCUT2D eigenvalue weighted by Gasteiger charge is -2.34. The number of sulfonamides is 1. The summed E-state index contributed by atoms with van der Waals surface area (Å²) >= 11 is 1.37. The Morgan fingerprint density at radius 1 is 1.15 bits per heavy atom. The number of amides is 1. The first-order chi connectivity index (χ1) is 16.1. The molecule has 1 saturated heterocycles. The number of likely N-dealkylation sites (N-methyl/N-ethyl adjacent to an activating group) is 1. The molecular formula is C23H29N3O6S2. The zero-order valence-corrected chi connectivity index (χ0v) is 21.3. The smallest absolute Gasteiger partial charge is 0.341 e. The van der Waals surface area contributed by atoms with Gasteiger partial charge in [0.15, 0.2) is 0 Å². The summed E-state index contributed by atoms with van der Waals surface area (Å²) in [5, 5.41) is 3.28. The third-order valence-corrected chi connectivity index (χ3v) is 8.98. The highest BCUT2D eigenvalue weighted by atomic mass is 32.2. The number of esters is 1. The number of fused-ring (bicyclic) bond motifs is 1. The molecule has 0 aliphatic carbocycles. The molecule has 0 spiro atoms. The predicted octanol–water partition coefficient (Wildman–Crippen LogP) is 2.57. The maximum absolute atomic E-state index is 13.1. The lowest BCUT2D eigenvalue weighted by Crippen LogP contribution is -2.48. The van der Waals surface area contributed by atoms with Crippen LogP contribution in [0.4, 0.5) is 5.00 Å². The van der Waals surface area contributed by atoms with Gasteiger partial charge in [0, 0.05) is 36.6 Å². The number of morpholine rings is 1. The summed E-state index contributed by atoms with van der Waals surface area (Å²) < 4.78 is 38.1. The highest BCUT2D eigenvalue weighted by Crippen LogP contribution is 2.37. The molecule has 2 atom stereocenters. The van der Waals surface area contributed by atoms with Gasteiger partial charge in [-0.05, 0) is 57.1 Å². The number of hydrogen-bond donors (Lipinski definition) is 1. The maximum atomic E-state index is 13.1. The number of carbonyl (C=O) groups excluding carboxylic acids is 2. The van der Waals surface area contributed by atoms with Crippen molar-refractivity contribution in [1.82, 2.24) is 9.21 Å². The van der Waals surface area contributed by atoms with Gasteiger partial charge < -0.3 is 19.7 Å². The Bertz CT molecular complexity index is 1180. The van der Waals surface area contributed by atoms with Crippen molar-refractivity contribution in [1.29, 1.82) is 0 Å². The fourth-order valence-corrected chi connectivity index (χ4v) is 7.27. The van der Waals surface area contributed by atoms with Crippen molar-refractivity contribution in [3.63, 3.8) is 0 Å². The van der Waals surface area contributed by atoms with E-state index in [1.807, 2.05) is 20.9 Å². The number of carbonyl (C=O) groups is 2. The molecule has 1 fully saturated rings. The van der Waals surface area contributed by atoms with E-state index in [4.69, 9.17) is 9.47 Å². The van der Waals surface area contributed by atoms with E-state index in [-0.39, 0.29) is 30.2 Å². The van der Waals surface area contributed by atoms with Crippen molar-refractivity contribution < 1.29 is 27.5 Å². The van der Waals surface area contributed by atoms with Crippen molar-refractivity contribution in [2.75, 3.05) is 39.1 Å². The van der Waals surface area contributed by atoms with Crippen LogP contribution >= 0.6 is 11.3 Å². The van der Waals surface area contributed by atoms with Crippen LogP contribution in [0.25, 0.3) is 0 Å². The zero-order chi connectivity index (χ0) is 24.6. The van der Waals surface area contributed by atoms with Gasteiger partial charge in [-0.1, -0.05) is 0 Å². The number of nitrogens with zero attached hydrogens (tertiary/aromatic N) is 2. The minimum atomic E-state index is -3.70. The molecule has 11 heteroatoms. The van der Waals surface area contributed by atoms with Gasteiger partial charge in [-0.2, -0.15) is 4.31 Å². The summed E-state index contributed by atoms with van der Waals surface area (Å²) in [5.41, 5.74) is 1.61. The Hall–Kier alpha value is -2.31. The number of rotatable bonds is 5. The van der Waals surface area contributed by atoms with Gasteiger partial charge in [0.25, 0.3) is 5.91 Å². The largest absolute Gasteiger partial charge is 0.465 e. The maximum Gasteiger partial charge on any atom is 0.341 e. The highest BCUT2D eigenvalue weighted by Gasteiger charge is 2.32. The first kappa shape index (κ1) is 24.8. The second kappa shape index (κ2) is 9.74. The van der Waals surface area contributed by atoms with Gasteiger partial charge in [-0.25, -0.2) is 13.2 Å². The van der Waals surface area contributed by atoms with Crippen LogP contribution < -0.4 is 5.32 Å². The lowest BCUT2D eigenvalue weighted by atomic mass is 10.0. The standard InChI is InChI=1S/C23H29N3O6S2/c1-14-11-26(12-15(2)32-14)34(29,30)17-7-5-16(6-8-17)21(27)24-22-20(23(28)31-4)18-9-10-25(3)13-19(18)33-22/h5-8,14-15H,9-13H2,1-4H3,(H,24,27)/t14-,15-/m1/s1. The normalized spacial score (nSPS) is 21.6. The van der Waals surface area contributed by atoms with E-state index in [2.05, 4.69) is 10.2 Å². The summed E-state index contributed by atoms with van der Waals surface area (Å²) in [5.74, 6) is -0.901. The molecule has 0 radical (unpaired) electrons. The molecular weight excluding hydrogens is 478 g/mol. The number of hydrogen-bond acceptors (Lipinski definition) is 8. The van der Waals surface area contributed by atoms with Crippen LogP contribution in [-0.4, -0.2) is 75.5 Å². The molecule has 1 aromatic carbocycles. The summed E-state index contributed by atoms with van der Waals surface area (Å²) in [6, 6.07) is 5.83. The first-order valence-electron chi connectivity index (χ1n) is 11.1. The molecule has 34 heavy (non-hydrogen) atoms. The SMILES string of the molecule is COC(=O)c1c(NC(=O)c2ccc(S(=O)(=O)N3C[C@@H](C)O[C@H](C)C3)cc2)sc2c1CCN(C)C2. The van der Waals surface area contributed by atoms with Crippen LogP contribution in [0.3, 0.4) is 0 Å². The molecule has 9 nitrogen and oxygen atoms in total. The third kappa shape index (κ3) is 4.89. The quantitative estimate of drug-likeness (QED) is 0.620. The molecule has 1 aromatic heterocycles. The molecule has 2 aliphatic rings. The van der Waals surface area contributed by atoms with Crippen molar-refractivity contribution in [3.8, 4) is 0 Å². The molecule has 2 aliphatic heterocycles. The number of thiophene rings is 1. The minimum Gasteiger partial charge on any atom is -0.465 e. The molecule has 3 heterocycles. The van der Waals surface area contributed by atoms with Gasteiger partial charge in [0.1, 0.15) is 5.00 Å². The number of anilines is 1. The number of methoxy groups -OCH3 is 1. The number of nitrogens with one attached hydrogen (secondary N) is 1. The lowest BCUT2D eigenvalue weighted by molar-refractivity contribution is -0.0440. The summed E-state index contributed by atoms with van der Waals surface area (Å²) in [6.07, 6.45) is 0.321. The van der Waals surface area contributed by atoms with E-state index < -0.39 is 21.9 Å². The molecule has 2 aromatic rings. The van der Waals surface area contributed by atoms with Crippen LogP contribution in [-0.2, 0) is 32.5 Å². The van der Waals surface area contributed by atoms with Crippen molar-refractivity contribution in [3.05, 3.63) is 45.8 Å². The van der Waals surface area contributed by atoms with Crippen LogP contribution in [0.15, 0.2) is 29.2 Å². The van der Waals surface area contributed by atoms with Crippen LogP contribution in [0.1, 0.15) is 45.0 Å². The van der Waals surface area contributed by atoms with E-state index in [0.717, 1.165) is 17.0 Å². The van der Waals surface area contributed by atoms with E-state index >= 15 is 0 Å². The van der Waals surface area contributed by atoms with E-state index in [9.17, 15) is 18.0 Å². The second-order valence-electron chi connectivity index (χ2n) is 8.75. The summed E-state index contributed by atoms with van der Waals surface area (Å²) in [4.78, 5) is 28.7. The summed E-state index contributed by atoms with van der Waals surface area (Å²) in [7, 11) is -0.372. The Labute approximate surface area is 203 Å². The van der Waals surface area contributed by atoms with Crippen LogP contribution in [0.5, 0.6) is 0 Å².